The Morgan fingerprint density at radius 3 is 1.46 bits per heavy atom. The molecule has 0 unspecified atom stereocenters. The standard InChI is InChI=1S/C38H44O9S/c1-41-38-37(45-28-32-21-13-6-14-22-32)36(44-27-31-19-11-5-12-20-31)35(43-26-30-17-9-4-10-18-30)34(47-38)33(23-24-46-48(2,39)40)42-25-29-15-7-3-8-16-29/h3-22,33-38H,23-28H2,1-2H3/t33-,34-,35-,36+,37-,38+/m1/s1. The minimum absolute atomic E-state index is 0.106. The first kappa shape index (κ1) is 35.8. The van der Waals surface area contributed by atoms with Gasteiger partial charge >= 0.3 is 0 Å². The summed E-state index contributed by atoms with van der Waals surface area (Å²) in [5.41, 5.74) is 3.89. The van der Waals surface area contributed by atoms with Gasteiger partial charge < -0.3 is 28.4 Å². The summed E-state index contributed by atoms with van der Waals surface area (Å²) in [6.45, 7) is 1.01. The summed E-state index contributed by atoms with van der Waals surface area (Å²) in [5.74, 6) is 0. The molecule has 48 heavy (non-hydrogen) atoms. The molecule has 0 spiro atoms. The van der Waals surface area contributed by atoms with Gasteiger partial charge in [0.05, 0.1) is 45.4 Å². The van der Waals surface area contributed by atoms with Crippen molar-refractivity contribution in [1.82, 2.24) is 0 Å². The summed E-state index contributed by atoms with van der Waals surface area (Å²) in [4.78, 5) is 0. The molecule has 0 aliphatic carbocycles. The van der Waals surface area contributed by atoms with Gasteiger partial charge in [0.2, 0.25) is 0 Å². The van der Waals surface area contributed by atoms with E-state index >= 15 is 0 Å². The molecule has 256 valence electrons. The van der Waals surface area contributed by atoms with Crippen LogP contribution in [0.4, 0.5) is 0 Å². The first-order valence-electron chi connectivity index (χ1n) is 16.0. The Labute approximate surface area is 283 Å². The molecule has 5 rings (SSSR count). The quantitative estimate of drug-likeness (QED) is 0.116. The van der Waals surface area contributed by atoms with E-state index < -0.39 is 46.9 Å². The third kappa shape index (κ3) is 11.0. The van der Waals surface area contributed by atoms with Crippen molar-refractivity contribution in [2.75, 3.05) is 20.0 Å². The smallest absolute Gasteiger partial charge is 0.264 e. The van der Waals surface area contributed by atoms with Gasteiger partial charge in [-0.3, -0.25) is 4.18 Å². The van der Waals surface area contributed by atoms with E-state index in [4.69, 9.17) is 32.6 Å². The fraction of sp³-hybridized carbons (Fsp3) is 0.368. The van der Waals surface area contributed by atoms with Crippen LogP contribution in [-0.2, 0) is 69.1 Å². The van der Waals surface area contributed by atoms with Crippen LogP contribution in [0.3, 0.4) is 0 Å². The molecule has 1 heterocycles. The summed E-state index contributed by atoms with van der Waals surface area (Å²) in [6, 6.07) is 39.3. The SMILES string of the molecule is CO[C@H]1O[C@H]([C@@H](CCOS(C)(=O)=O)OCc2ccccc2)[C@@H](OCc2ccccc2)[C@H](OCc2ccccc2)[C@H]1OCc1ccccc1. The van der Waals surface area contributed by atoms with E-state index in [0.717, 1.165) is 28.5 Å². The van der Waals surface area contributed by atoms with Crippen LogP contribution in [0.25, 0.3) is 0 Å². The van der Waals surface area contributed by atoms with Crippen LogP contribution < -0.4 is 0 Å². The lowest BCUT2D eigenvalue weighted by Crippen LogP contribution is -2.63. The highest BCUT2D eigenvalue weighted by Crippen LogP contribution is 2.34. The zero-order chi connectivity index (χ0) is 33.6. The lowest BCUT2D eigenvalue weighted by molar-refractivity contribution is -0.332. The molecule has 9 nitrogen and oxygen atoms in total. The summed E-state index contributed by atoms with van der Waals surface area (Å²) in [6.07, 6.45) is -3.09. The fourth-order valence-electron chi connectivity index (χ4n) is 5.62. The zero-order valence-electron chi connectivity index (χ0n) is 27.3. The highest BCUT2D eigenvalue weighted by atomic mass is 32.2. The van der Waals surface area contributed by atoms with Crippen LogP contribution >= 0.6 is 0 Å². The Hall–Kier alpha value is -3.45. The van der Waals surface area contributed by atoms with E-state index in [1.165, 1.54) is 0 Å². The predicted octanol–water partition coefficient (Wildman–Crippen LogP) is 6.07. The van der Waals surface area contributed by atoms with Crippen molar-refractivity contribution in [2.24, 2.45) is 0 Å². The van der Waals surface area contributed by atoms with E-state index in [0.29, 0.717) is 6.61 Å². The normalized spacial score (nSPS) is 21.9. The van der Waals surface area contributed by atoms with E-state index in [9.17, 15) is 8.42 Å². The second-order valence-corrected chi connectivity index (χ2v) is 13.3. The maximum atomic E-state index is 11.9. The van der Waals surface area contributed by atoms with Crippen LogP contribution in [0.2, 0.25) is 0 Å². The Kier molecular flexibility index (Phi) is 13.7. The average molecular weight is 677 g/mol. The van der Waals surface area contributed by atoms with Gasteiger partial charge in [-0.2, -0.15) is 8.42 Å². The lowest BCUT2D eigenvalue weighted by atomic mass is 9.93. The van der Waals surface area contributed by atoms with Crippen LogP contribution in [0.15, 0.2) is 121 Å². The topological polar surface area (TPSA) is 98.8 Å². The molecular formula is C38H44O9S. The molecule has 0 saturated carbocycles. The van der Waals surface area contributed by atoms with Gasteiger partial charge in [-0.1, -0.05) is 121 Å². The highest BCUT2D eigenvalue weighted by Gasteiger charge is 2.51. The number of rotatable bonds is 18. The zero-order valence-corrected chi connectivity index (χ0v) is 28.2. The minimum atomic E-state index is -3.68. The number of hydrogen-bond donors (Lipinski definition) is 0. The first-order chi connectivity index (χ1) is 23.4. The second-order valence-electron chi connectivity index (χ2n) is 11.6. The van der Waals surface area contributed by atoms with E-state index in [1.807, 2.05) is 121 Å². The molecule has 6 atom stereocenters. The van der Waals surface area contributed by atoms with Gasteiger partial charge in [-0.15, -0.1) is 0 Å². The van der Waals surface area contributed by atoms with E-state index in [2.05, 4.69) is 0 Å². The molecular weight excluding hydrogens is 632 g/mol. The molecule has 1 saturated heterocycles. The van der Waals surface area contributed by atoms with Crippen molar-refractivity contribution in [1.29, 1.82) is 0 Å². The predicted molar refractivity (Wildman–Crippen MR) is 181 cm³/mol. The number of hydrogen-bond acceptors (Lipinski definition) is 9. The lowest BCUT2D eigenvalue weighted by Gasteiger charge is -2.47. The Bertz CT molecular complexity index is 1570. The number of ether oxygens (including phenoxy) is 6. The molecule has 1 fully saturated rings. The van der Waals surface area contributed by atoms with Gasteiger partial charge in [0, 0.05) is 13.5 Å². The third-order valence-corrected chi connectivity index (χ3v) is 8.59. The largest absolute Gasteiger partial charge is 0.371 e. The Balaban J connectivity index is 1.49. The summed E-state index contributed by atoms with van der Waals surface area (Å²) < 4.78 is 68.1. The summed E-state index contributed by atoms with van der Waals surface area (Å²) in [7, 11) is -2.12. The van der Waals surface area contributed by atoms with Crippen LogP contribution in [0, 0.1) is 0 Å². The van der Waals surface area contributed by atoms with E-state index in [-0.39, 0.29) is 32.8 Å². The van der Waals surface area contributed by atoms with Gasteiger partial charge in [-0.05, 0) is 22.3 Å². The maximum Gasteiger partial charge on any atom is 0.264 e. The van der Waals surface area contributed by atoms with Crippen molar-refractivity contribution in [3.63, 3.8) is 0 Å². The third-order valence-electron chi connectivity index (χ3n) is 7.99. The molecule has 0 N–H and O–H groups in total. The van der Waals surface area contributed by atoms with Gasteiger partial charge in [0.1, 0.15) is 24.4 Å². The maximum absolute atomic E-state index is 11.9. The molecule has 4 aromatic rings. The Morgan fingerprint density at radius 2 is 1.02 bits per heavy atom. The van der Waals surface area contributed by atoms with Crippen molar-refractivity contribution in [3.05, 3.63) is 144 Å². The molecule has 1 aliphatic heterocycles. The molecule has 0 radical (unpaired) electrons. The molecule has 0 bridgehead atoms. The molecule has 10 heteroatoms. The molecule has 0 amide bonds. The number of benzene rings is 4. The second kappa shape index (κ2) is 18.4. The summed E-state index contributed by atoms with van der Waals surface area (Å²) in [5, 5.41) is 0. The van der Waals surface area contributed by atoms with Gasteiger partial charge in [-0.25, -0.2) is 0 Å². The molecule has 4 aromatic carbocycles. The number of methoxy groups -OCH3 is 1. The summed E-state index contributed by atoms with van der Waals surface area (Å²) >= 11 is 0. The van der Waals surface area contributed by atoms with E-state index in [1.54, 1.807) is 7.11 Å². The first-order valence-corrected chi connectivity index (χ1v) is 17.9. The average Bonchev–Trinajstić information content (AvgIpc) is 3.11. The van der Waals surface area contributed by atoms with Gasteiger partial charge in [0.25, 0.3) is 10.1 Å². The van der Waals surface area contributed by atoms with Crippen molar-refractivity contribution >= 4 is 10.1 Å². The highest BCUT2D eigenvalue weighted by molar-refractivity contribution is 7.85. The van der Waals surface area contributed by atoms with Crippen molar-refractivity contribution < 1.29 is 41.0 Å². The Morgan fingerprint density at radius 1 is 0.604 bits per heavy atom. The molecule has 1 aliphatic rings. The minimum Gasteiger partial charge on any atom is -0.371 e. The van der Waals surface area contributed by atoms with Gasteiger partial charge in [0.15, 0.2) is 6.29 Å². The van der Waals surface area contributed by atoms with Crippen molar-refractivity contribution in [2.45, 2.75) is 69.7 Å². The van der Waals surface area contributed by atoms with Crippen molar-refractivity contribution in [3.8, 4) is 0 Å². The van der Waals surface area contributed by atoms with Crippen LogP contribution in [0.5, 0.6) is 0 Å². The monoisotopic (exact) mass is 676 g/mol. The molecule has 0 aromatic heterocycles. The van der Waals surface area contributed by atoms with Crippen LogP contribution in [-0.4, -0.2) is 65.2 Å². The fourth-order valence-corrected chi connectivity index (χ4v) is 6.01. The van der Waals surface area contributed by atoms with Crippen LogP contribution in [0.1, 0.15) is 28.7 Å².